The fourth-order valence-electron chi connectivity index (χ4n) is 2.22. The van der Waals surface area contributed by atoms with Crippen molar-refractivity contribution in [3.05, 3.63) is 78.4 Å². The van der Waals surface area contributed by atoms with Crippen LogP contribution in [0.4, 0.5) is 0 Å². The molecule has 0 amide bonds. The van der Waals surface area contributed by atoms with Gasteiger partial charge in [-0.1, -0.05) is 71.9 Å². The lowest BCUT2D eigenvalue weighted by atomic mass is 10.1. The Balaban J connectivity index is 1.86. The number of hydrogen-bond acceptors (Lipinski definition) is 0. The predicted molar refractivity (Wildman–Crippen MR) is 83.5 cm³/mol. The molecule has 0 aliphatic heterocycles. The number of hydrogen-bond donors (Lipinski definition) is 0. The van der Waals surface area contributed by atoms with Crippen LogP contribution in [0.2, 0.25) is 6.04 Å². The van der Waals surface area contributed by atoms with Gasteiger partial charge in [0.2, 0.25) is 0 Å². The lowest BCUT2D eigenvalue weighted by molar-refractivity contribution is 1.13. The van der Waals surface area contributed by atoms with Crippen LogP contribution in [0.5, 0.6) is 0 Å². The van der Waals surface area contributed by atoms with Crippen LogP contribution in [0.15, 0.2) is 67.3 Å². The smallest absolute Gasteiger partial charge is 0.0550 e. The van der Waals surface area contributed by atoms with Gasteiger partial charge in [-0.2, -0.15) is 0 Å². The first-order valence-electron chi connectivity index (χ1n) is 6.61. The van der Waals surface area contributed by atoms with E-state index in [9.17, 15) is 0 Å². The molecule has 0 unspecified atom stereocenters. The van der Waals surface area contributed by atoms with E-state index in [2.05, 4.69) is 61.2 Å². The van der Waals surface area contributed by atoms with Gasteiger partial charge in [-0.05, 0) is 24.0 Å². The summed E-state index contributed by atoms with van der Waals surface area (Å²) >= 11 is 0. The Morgan fingerprint density at radius 2 is 1.72 bits per heavy atom. The average Bonchev–Trinajstić information content (AvgIpc) is 2.41. The predicted octanol–water partition coefficient (Wildman–Crippen LogP) is 2.87. The zero-order valence-corrected chi connectivity index (χ0v) is 12.2. The van der Waals surface area contributed by atoms with Crippen LogP contribution in [0.25, 0.3) is 0 Å². The van der Waals surface area contributed by atoms with E-state index in [1.165, 1.54) is 23.6 Å². The van der Waals surface area contributed by atoms with Crippen molar-refractivity contribution in [1.29, 1.82) is 0 Å². The third kappa shape index (κ3) is 4.01. The molecule has 0 radical (unpaired) electrons. The van der Waals surface area contributed by atoms with Gasteiger partial charge in [0.15, 0.2) is 0 Å². The molecular weight excluding hydrogens is 232 g/mol. The second kappa shape index (κ2) is 6.97. The molecule has 0 atom stereocenters. The van der Waals surface area contributed by atoms with Gasteiger partial charge in [0.25, 0.3) is 0 Å². The summed E-state index contributed by atoms with van der Waals surface area (Å²) < 4.78 is 0. The van der Waals surface area contributed by atoms with E-state index in [0.717, 1.165) is 6.42 Å². The molecule has 0 bridgehead atoms. The molecule has 2 aromatic rings. The largest absolute Gasteiger partial charge is 0.103 e. The third-order valence-corrected chi connectivity index (χ3v) is 4.87. The molecule has 2 aromatic carbocycles. The van der Waals surface area contributed by atoms with E-state index < -0.39 is 0 Å². The van der Waals surface area contributed by atoms with E-state index in [-0.39, 0.29) is 9.52 Å². The highest BCUT2D eigenvalue weighted by molar-refractivity contribution is 6.53. The van der Waals surface area contributed by atoms with Crippen LogP contribution in [-0.4, -0.2) is 9.52 Å². The van der Waals surface area contributed by atoms with Crippen molar-refractivity contribution in [3.8, 4) is 0 Å². The van der Waals surface area contributed by atoms with Crippen molar-refractivity contribution in [1.82, 2.24) is 0 Å². The molecule has 0 aromatic heterocycles. The fourth-order valence-corrected chi connectivity index (χ4v) is 3.92. The Labute approximate surface area is 112 Å². The normalized spacial score (nSPS) is 10.9. The molecule has 1 heteroatoms. The number of rotatable bonds is 6. The first kappa shape index (κ1) is 12.8. The molecule has 0 N–H and O–H groups in total. The summed E-state index contributed by atoms with van der Waals surface area (Å²) in [6.45, 7) is 3.80. The molecule has 0 saturated carbocycles. The highest BCUT2D eigenvalue weighted by atomic mass is 28.2. The SMILES string of the molecule is C=CCc1cccc([SiH2]CCc2ccccc2)c1. The molecule has 0 aliphatic carbocycles. The minimum atomic E-state index is -0.128. The second-order valence-electron chi connectivity index (χ2n) is 4.65. The van der Waals surface area contributed by atoms with Gasteiger partial charge in [0.1, 0.15) is 0 Å². The molecule has 2 rings (SSSR count). The maximum absolute atomic E-state index is 3.80. The molecular formula is C17H20Si. The summed E-state index contributed by atoms with van der Waals surface area (Å²) in [6.07, 6.45) is 4.18. The third-order valence-electron chi connectivity index (χ3n) is 3.15. The molecule has 0 aliphatic rings. The van der Waals surface area contributed by atoms with Crippen molar-refractivity contribution in [2.75, 3.05) is 0 Å². The molecule has 0 spiro atoms. The summed E-state index contributed by atoms with van der Waals surface area (Å²) in [6, 6.07) is 21.2. The van der Waals surface area contributed by atoms with Crippen molar-refractivity contribution in [2.45, 2.75) is 18.9 Å². The first-order chi connectivity index (χ1) is 8.88. The number of benzene rings is 2. The van der Waals surface area contributed by atoms with Gasteiger partial charge in [0.05, 0.1) is 9.52 Å². The summed E-state index contributed by atoms with van der Waals surface area (Å²) in [4.78, 5) is 0. The van der Waals surface area contributed by atoms with E-state index in [0.29, 0.717) is 0 Å². The second-order valence-corrected chi connectivity index (χ2v) is 6.68. The van der Waals surface area contributed by atoms with Crippen molar-refractivity contribution >= 4 is 14.7 Å². The van der Waals surface area contributed by atoms with Gasteiger partial charge in [-0.3, -0.25) is 0 Å². The van der Waals surface area contributed by atoms with E-state index in [1.54, 1.807) is 5.19 Å². The van der Waals surface area contributed by atoms with E-state index in [1.807, 2.05) is 6.08 Å². The quantitative estimate of drug-likeness (QED) is 0.548. The van der Waals surface area contributed by atoms with Crippen molar-refractivity contribution in [2.24, 2.45) is 0 Å². The summed E-state index contributed by atoms with van der Waals surface area (Å²) in [5.41, 5.74) is 2.86. The van der Waals surface area contributed by atoms with Crippen LogP contribution in [0.1, 0.15) is 11.1 Å². The molecule has 18 heavy (non-hydrogen) atoms. The highest BCUT2D eigenvalue weighted by Gasteiger charge is 1.97. The van der Waals surface area contributed by atoms with Crippen LogP contribution < -0.4 is 5.19 Å². The summed E-state index contributed by atoms with van der Waals surface area (Å²) in [7, 11) is -0.128. The Kier molecular flexibility index (Phi) is 4.97. The topological polar surface area (TPSA) is 0 Å². The lowest BCUT2D eigenvalue weighted by Gasteiger charge is -2.04. The molecule has 0 fully saturated rings. The monoisotopic (exact) mass is 252 g/mol. The van der Waals surface area contributed by atoms with Crippen molar-refractivity contribution in [3.63, 3.8) is 0 Å². The number of aryl methyl sites for hydroxylation is 1. The number of allylic oxidation sites excluding steroid dienone is 1. The highest BCUT2D eigenvalue weighted by Crippen LogP contribution is 2.03. The first-order valence-corrected chi connectivity index (χ1v) is 8.32. The molecule has 0 heterocycles. The Morgan fingerprint density at radius 3 is 2.50 bits per heavy atom. The van der Waals surface area contributed by atoms with Crippen LogP contribution in [0, 0.1) is 0 Å². The lowest BCUT2D eigenvalue weighted by Crippen LogP contribution is -2.14. The van der Waals surface area contributed by atoms with Gasteiger partial charge < -0.3 is 0 Å². The van der Waals surface area contributed by atoms with Gasteiger partial charge in [-0.25, -0.2) is 0 Å². The zero-order chi connectivity index (χ0) is 12.6. The van der Waals surface area contributed by atoms with Crippen LogP contribution in [-0.2, 0) is 12.8 Å². The van der Waals surface area contributed by atoms with Crippen molar-refractivity contribution < 1.29 is 0 Å². The maximum Gasteiger partial charge on any atom is 0.0550 e. The summed E-state index contributed by atoms with van der Waals surface area (Å²) in [5, 5.41) is 1.57. The summed E-state index contributed by atoms with van der Waals surface area (Å²) in [5.74, 6) is 0. The van der Waals surface area contributed by atoms with Gasteiger partial charge >= 0.3 is 0 Å². The minimum absolute atomic E-state index is 0.128. The standard InChI is InChI=1S/C17H20Si/c1-2-7-16-10-6-11-17(14-16)18-13-12-15-8-4-3-5-9-15/h2-6,8-11,14H,1,7,12-13,18H2. The maximum atomic E-state index is 3.80. The van der Waals surface area contributed by atoms with Gasteiger partial charge in [-0.15, -0.1) is 6.58 Å². The van der Waals surface area contributed by atoms with Crippen LogP contribution >= 0.6 is 0 Å². The minimum Gasteiger partial charge on any atom is -0.103 e. The molecule has 0 saturated heterocycles. The molecule has 92 valence electrons. The molecule has 0 nitrogen and oxygen atoms in total. The average molecular weight is 252 g/mol. The Hall–Kier alpha value is -1.60. The Bertz CT molecular complexity index is 488. The van der Waals surface area contributed by atoms with E-state index in [4.69, 9.17) is 0 Å². The fraction of sp³-hybridized carbons (Fsp3) is 0.176. The van der Waals surface area contributed by atoms with E-state index >= 15 is 0 Å². The zero-order valence-electron chi connectivity index (χ0n) is 10.8. The van der Waals surface area contributed by atoms with Gasteiger partial charge in [0, 0.05) is 0 Å². The Morgan fingerprint density at radius 1 is 0.944 bits per heavy atom. The van der Waals surface area contributed by atoms with Crippen LogP contribution in [0.3, 0.4) is 0 Å².